The van der Waals surface area contributed by atoms with Crippen molar-refractivity contribution in [3.63, 3.8) is 0 Å². The maximum absolute atomic E-state index is 12.0. The van der Waals surface area contributed by atoms with E-state index in [0.29, 0.717) is 0 Å². The van der Waals surface area contributed by atoms with Gasteiger partial charge in [0.25, 0.3) is 0 Å². The summed E-state index contributed by atoms with van der Waals surface area (Å²) >= 11 is 0. The molecule has 0 unspecified atom stereocenters. The highest BCUT2D eigenvalue weighted by Gasteiger charge is 2.18. The Balaban J connectivity index is 2.09. The molecule has 2 aromatic rings. The second-order valence-electron chi connectivity index (χ2n) is 5.01. The number of nitrogens with one attached hydrogen (secondary N) is 2. The number of carbonyl (C=O) groups excluding carboxylic acids is 3. The van der Waals surface area contributed by atoms with E-state index in [-0.39, 0.29) is 21.8 Å². The molecule has 0 aromatic heterocycles. The monoisotopic (exact) mass is 377 g/mol. The van der Waals surface area contributed by atoms with Gasteiger partial charge in [0.15, 0.2) is 0 Å². The Hall–Kier alpha value is -3.24. The number of nitrogens with two attached hydrogens (primary N) is 1. The van der Waals surface area contributed by atoms with Gasteiger partial charge in [0.05, 0.1) is 23.3 Å². The molecule has 0 spiro atoms. The first kappa shape index (κ1) is 19.1. The molecule has 2 rings (SSSR count). The molecule has 0 saturated heterocycles. The van der Waals surface area contributed by atoms with Crippen molar-refractivity contribution in [3.8, 4) is 0 Å². The highest BCUT2D eigenvalue weighted by atomic mass is 32.2. The molecule has 0 fully saturated rings. The average molecular weight is 377 g/mol. The smallest absolute Gasteiger partial charge is 0.339 e. The van der Waals surface area contributed by atoms with Crippen LogP contribution in [0.5, 0.6) is 0 Å². The van der Waals surface area contributed by atoms with Crippen molar-refractivity contribution in [2.75, 3.05) is 17.7 Å². The van der Waals surface area contributed by atoms with Crippen molar-refractivity contribution in [2.24, 2.45) is 5.14 Å². The van der Waals surface area contributed by atoms with Crippen LogP contribution in [0.4, 0.5) is 11.4 Å². The Kier molecular flexibility index (Phi) is 5.70. The number of primary sulfonamides is 1. The number of esters is 1. The lowest BCUT2D eigenvalue weighted by atomic mass is 10.2. The standard InChI is InChI=1S/C16H15N3O6S/c1-25-16(22)12-4-2-3-5-13(12)19-15(21)14(20)18-10-6-8-11(9-7-10)26(17,23)24/h2-9H,1H3,(H,18,20)(H,19,21)(H2,17,23,24). The van der Waals surface area contributed by atoms with Gasteiger partial charge in [-0.2, -0.15) is 0 Å². The fraction of sp³-hybridized carbons (Fsp3) is 0.0625. The number of methoxy groups -OCH3 is 1. The summed E-state index contributed by atoms with van der Waals surface area (Å²) in [5, 5.41) is 9.59. The first-order valence-electron chi connectivity index (χ1n) is 7.15. The Bertz CT molecular complexity index is 954. The Morgan fingerprint density at radius 3 is 2.08 bits per heavy atom. The lowest BCUT2D eigenvalue weighted by Gasteiger charge is -2.10. The molecule has 10 heteroatoms. The molecule has 26 heavy (non-hydrogen) atoms. The number of para-hydroxylation sites is 1. The van der Waals surface area contributed by atoms with Gasteiger partial charge in [-0.25, -0.2) is 18.4 Å². The van der Waals surface area contributed by atoms with Gasteiger partial charge >= 0.3 is 17.8 Å². The zero-order valence-electron chi connectivity index (χ0n) is 13.6. The van der Waals surface area contributed by atoms with Crippen LogP contribution in [0, 0.1) is 0 Å². The summed E-state index contributed by atoms with van der Waals surface area (Å²) in [6.45, 7) is 0. The lowest BCUT2D eigenvalue weighted by molar-refractivity contribution is -0.133. The van der Waals surface area contributed by atoms with Gasteiger partial charge in [-0.15, -0.1) is 0 Å². The molecule has 0 radical (unpaired) electrons. The summed E-state index contributed by atoms with van der Waals surface area (Å²) in [6.07, 6.45) is 0. The van der Waals surface area contributed by atoms with E-state index < -0.39 is 27.8 Å². The zero-order chi connectivity index (χ0) is 19.3. The van der Waals surface area contributed by atoms with Crippen molar-refractivity contribution in [1.29, 1.82) is 0 Å². The molecule has 2 aromatic carbocycles. The number of ether oxygens (including phenoxy) is 1. The zero-order valence-corrected chi connectivity index (χ0v) is 14.4. The molecule has 2 amide bonds. The molecule has 0 bridgehead atoms. The van der Waals surface area contributed by atoms with E-state index in [1.54, 1.807) is 12.1 Å². The molecule has 0 heterocycles. The lowest BCUT2D eigenvalue weighted by Crippen LogP contribution is -2.29. The maximum atomic E-state index is 12.0. The number of anilines is 2. The van der Waals surface area contributed by atoms with Gasteiger partial charge in [-0.3, -0.25) is 9.59 Å². The molecule has 0 aliphatic carbocycles. The maximum Gasteiger partial charge on any atom is 0.339 e. The van der Waals surface area contributed by atoms with Gasteiger partial charge in [-0.1, -0.05) is 12.1 Å². The van der Waals surface area contributed by atoms with E-state index in [4.69, 9.17) is 5.14 Å². The fourth-order valence-electron chi connectivity index (χ4n) is 1.97. The number of rotatable bonds is 4. The van der Waals surface area contributed by atoms with Gasteiger partial charge < -0.3 is 15.4 Å². The van der Waals surface area contributed by atoms with Crippen molar-refractivity contribution >= 4 is 39.2 Å². The number of sulfonamides is 1. The largest absolute Gasteiger partial charge is 0.465 e. The molecular formula is C16H15N3O6S. The number of hydrogen-bond donors (Lipinski definition) is 3. The number of benzene rings is 2. The minimum atomic E-state index is -3.86. The van der Waals surface area contributed by atoms with Crippen molar-refractivity contribution in [3.05, 3.63) is 54.1 Å². The topological polar surface area (TPSA) is 145 Å². The van der Waals surface area contributed by atoms with E-state index in [9.17, 15) is 22.8 Å². The summed E-state index contributed by atoms with van der Waals surface area (Å²) in [5.41, 5.74) is 0.400. The highest BCUT2D eigenvalue weighted by molar-refractivity contribution is 7.89. The van der Waals surface area contributed by atoms with Gasteiger partial charge in [-0.05, 0) is 36.4 Å². The Morgan fingerprint density at radius 2 is 1.50 bits per heavy atom. The predicted molar refractivity (Wildman–Crippen MR) is 92.9 cm³/mol. The summed E-state index contributed by atoms with van der Waals surface area (Å²) in [5.74, 6) is -2.69. The third-order valence-electron chi connectivity index (χ3n) is 3.23. The van der Waals surface area contributed by atoms with Crippen LogP contribution >= 0.6 is 0 Å². The number of amides is 2. The molecule has 0 aliphatic rings. The molecular weight excluding hydrogens is 362 g/mol. The first-order valence-corrected chi connectivity index (χ1v) is 8.69. The van der Waals surface area contributed by atoms with Crippen LogP contribution in [-0.2, 0) is 24.3 Å². The van der Waals surface area contributed by atoms with Crippen molar-refractivity contribution < 1.29 is 27.5 Å². The van der Waals surface area contributed by atoms with E-state index in [0.717, 1.165) is 0 Å². The minimum Gasteiger partial charge on any atom is -0.465 e. The van der Waals surface area contributed by atoms with Gasteiger partial charge in [0.2, 0.25) is 10.0 Å². The molecule has 0 aliphatic heterocycles. The Morgan fingerprint density at radius 1 is 0.923 bits per heavy atom. The SMILES string of the molecule is COC(=O)c1ccccc1NC(=O)C(=O)Nc1ccc(S(N)(=O)=O)cc1. The second-order valence-corrected chi connectivity index (χ2v) is 6.58. The van der Waals surface area contributed by atoms with E-state index in [1.807, 2.05) is 0 Å². The molecule has 4 N–H and O–H groups in total. The summed E-state index contributed by atoms with van der Waals surface area (Å²) in [7, 11) is -2.66. The van der Waals surface area contributed by atoms with Gasteiger partial charge in [0, 0.05) is 5.69 Å². The number of carbonyl (C=O) groups is 3. The molecule has 0 atom stereocenters. The van der Waals surface area contributed by atoms with Crippen LogP contribution in [-0.4, -0.2) is 33.3 Å². The third kappa shape index (κ3) is 4.65. The van der Waals surface area contributed by atoms with E-state index in [1.165, 1.54) is 43.5 Å². The fourth-order valence-corrected chi connectivity index (χ4v) is 2.49. The van der Waals surface area contributed by atoms with Crippen LogP contribution in [0.15, 0.2) is 53.4 Å². The normalized spacial score (nSPS) is 10.7. The highest BCUT2D eigenvalue weighted by Crippen LogP contribution is 2.16. The van der Waals surface area contributed by atoms with E-state index >= 15 is 0 Å². The molecule has 0 saturated carbocycles. The van der Waals surface area contributed by atoms with Crippen LogP contribution in [0.25, 0.3) is 0 Å². The van der Waals surface area contributed by atoms with Crippen LogP contribution in [0.1, 0.15) is 10.4 Å². The van der Waals surface area contributed by atoms with Crippen molar-refractivity contribution in [1.82, 2.24) is 0 Å². The van der Waals surface area contributed by atoms with Gasteiger partial charge in [0.1, 0.15) is 0 Å². The van der Waals surface area contributed by atoms with E-state index in [2.05, 4.69) is 15.4 Å². The summed E-state index contributed by atoms with van der Waals surface area (Å²) in [4.78, 5) is 35.5. The third-order valence-corrected chi connectivity index (χ3v) is 4.16. The van der Waals surface area contributed by atoms with Crippen LogP contribution in [0.3, 0.4) is 0 Å². The Labute approximate surface area is 149 Å². The first-order chi connectivity index (χ1) is 12.2. The van der Waals surface area contributed by atoms with Crippen LogP contribution < -0.4 is 15.8 Å². The molecule has 9 nitrogen and oxygen atoms in total. The quantitative estimate of drug-likeness (QED) is 0.528. The second kappa shape index (κ2) is 7.76. The number of hydrogen-bond acceptors (Lipinski definition) is 6. The summed E-state index contributed by atoms with van der Waals surface area (Å²) < 4.78 is 27.0. The summed E-state index contributed by atoms with van der Waals surface area (Å²) in [6, 6.07) is 11.0. The average Bonchev–Trinajstić information content (AvgIpc) is 2.61. The molecule has 136 valence electrons. The van der Waals surface area contributed by atoms with Crippen molar-refractivity contribution in [2.45, 2.75) is 4.90 Å². The van der Waals surface area contributed by atoms with Crippen LogP contribution in [0.2, 0.25) is 0 Å². The predicted octanol–water partition coefficient (Wildman–Crippen LogP) is 0.698. The minimum absolute atomic E-state index is 0.0913.